The summed E-state index contributed by atoms with van der Waals surface area (Å²) in [6.07, 6.45) is 6.82. The first-order valence-corrected chi connectivity index (χ1v) is 7.54. The van der Waals surface area contributed by atoms with Crippen molar-refractivity contribution in [2.45, 2.75) is 57.4 Å². The van der Waals surface area contributed by atoms with E-state index >= 15 is 0 Å². The fourth-order valence-electron chi connectivity index (χ4n) is 4.00. The van der Waals surface area contributed by atoms with E-state index < -0.39 is 0 Å². The maximum absolute atomic E-state index is 2.64. The summed E-state index contributed by atoms with van der Waals surface area (Å²) in [7, 11) is 0. The van der Waals surface area contributed by atoms with Gasteiger partial charge >= 0.3 is 0 Å². The lowest BCUT2D eigenvalue weighted by Gasteiger charge is -2.46. The van der Waals surface area contributed by atoms with Crippen LogP contribution in [0.5, 0.6) is 0 Å². The standard InChI is InChI=1S/C17H25N/c1-14(2)18-12-10-17(11-13-18)9-5-7-15-6-3-4-8-16(15)17/h3-4,6,8,14H,5,7,9-13H2,1-2H3. The first kappa shape index (κ1) is 12.2. The molecular formula is C17H25N. The monoisotopic (exact) mass is 243 g/mol. The predicted octanol–water partition coefficient (Wildman–Crippen LogP) is 3.76. The molecule has 0 radical (unpaired) electrons. The molecule has 1 fully saturated rings. The molecule has 18 heavy (non-hydrogen) atoms. The molecule has 1 aliphatic heterocycles. The van der Waals surface area contributed by atoms with Gasteiger partial charge < -0.3 is 4.90 Å². The molecule has 1 saturated heterocycles. The molecule has 2 aliphatic rings. The average Bonchev–Trinajstić information content (AvgIpc) is 2.40. The van der Waals surface area contributed by atoms with Crippen LogP contribution in [0, 0.1) is 0 Å². The Bertz CT molecular complexity index is 413. The Balaban J connectivity index is 1.85. The van der Waals surface area contributed by atoms with Crippen LogP contribution < -0.4 is 0 Å². The first-order valence-electron chi connectivity index (χ1n) is 7.54. The number of rotatable bonds is 1. The lowest BCUT2D eigenvalue weighted by molar-refractivity contribution is 0.118. The number of hydrogen-bond donors (Lipinski definition) is 0. The minimum Gasteiger partial charge on any atom is -0.301 e. The Morgan fingerprint density at radius 2 is 1.78 bits per heavy atom. The highest BCUT2D eigenvalue weighted by Crippen LogP contribution is 2.44. The maximum atomic E-state index is 2.64. The predicted molar refractivity (Wildman–Crippen MR) is 77.0 cm³/mol. The fourth-order valence-corrected chi connectivity index (χ4v) is 4.00. The Morgan fingerprint density at radius 1 is 1.06 bits per heavy atom. The minimum absolute atomic E-state index is 0.514. The Morgan fingerprint density at radius 3 is 2.50 bits per heavy atom. The van der Waals surface area contributed by atoms with Crippen LogP contribution in [-0.4, -0.2) is 24.0 Å². The van der Waals surface area contributed by atoms with Crippen LogP contribution in [0.4, 0.5) is 0 Å². The van der Waals surface area contributed by atoms with E-state index in [-0.39, 0.29) is 0 Å². The van der Waals surface area contributed by atoms with E-state index in [9.17, 15) is 0 Å². The van der Waals surface area contributed by atoms with Crippen LogP contribution in [0.25, 0.3) is 0 Å². The van der Waals surface area contributed by atoms with Crippen LogP contribution in [0.2, 0.25) is 0 Å². The molecule has 0 N–H and O–H groups in total. The number of fused-ring (bicyclic) bond motifs is 2. The first-order chi connectivity index (χ1) is 8.71. The van der Waals surface area contributed by atoms with Crippen molar-refractivity contribution in [3.8, 4) is 0 Å². The van der Waals surface area contributed by atoms with Gasteiger partial charge in [-0.05, 0) is 75.6 Å². The highest BCUT2D eigenvalue weighted by Gasteiger charge is 2.39. The number of piperidine rings is 1. The molecular weight excluding hydrogens is 218 g/mol. The van der Waals surface area contributed by atoms with Gasteiger partial charge in [0.2, 0.25) is 0 Å². The molecule has 0 aromatic heterocycles. The molecule has 1 aliphatic carbocycles. The summed E-state index contributed by atoms with van der Waals surface area (Å²) >= 11 is 0. The Hall–Kier alpha value is -0.820. The van der Waals surface area contributed by atoms with E-state index in [0.29, 0.717) is 11.5 Å². The van der Waals surface area contributed by atoms with Gasteiger partial charge in [-0.1, -0.05) is 24.3 Å². The molecule has 1 aromatic rings. The summed E-state index contributed by atoms with van der Waals surface area (Å²) in [4.78, 5) is 2.64. The molecule has 1 nitrogen and oxygen atoms in total. The van der Waals surface area contributed by atoms with Crippen molar-refractivity contribution in [1.29, 1.82) is 0 Å². The van der Waals surface area contributed by atoms with Crippen molar-refractivity contribution in [2.75, 3.05) is 13.1 Å². The SMILES string of the molecule is CC(C)N1CCC2(CCCc3ccccc32)CC1. The van der Waals surface area contributed by atoms with E-state index in [0.717, 1.165) is 0 Å². The summed E-state index contributed by atoms with van der Waals surface area (Å²) in [5.41, 5.74) is 3.82. The zero-order valence-electron chi connectivity index (χ0n) is 11.8. The molecule has 98 valence electrons. The molecule has 1 aromatic carbocycles. The van der Waals surface area contributed by atoms with Crippen LogP contribution in [0.15, 0.2) is 24.3 Å². The van der Waals surface area contributed by atoms with Gasteiger partial charge in [0.15, 0.2) is 0 Å². The van der Waals surface area contributed by atoms with Crippen molar-refractivity contribution in [2.24, 2.45) is 0 Å². The fraction of sp³-hybridized carbons (Fsp3) is 0.647. The molecule has 1 heteroatoms. The van der Waals surface area contributed by atoms with Crippen LogP contribution in [0.1, 0.15) is 50.7 Å². The zero-order chi connectivity index (χ0) is 12.6. The van der Waals surface area contributed by atoms with Crippen molar-refractivity contribution in [3.05, 3.63) is 35.4 Å². The highest BCUT2D eigenvalue weighted by atomic mass is 15.2. The molecule has 0 saturated carbocycles. The number of aryl methyl sites for hydroxylation is 1. The smallest absolute Gasteiger partial charge is 0.00386 e. The topological polar surface area (TPSA) is 3.24 Å². The lowest BCUT2D eigenvalue weighted by atomic mass is 9.65. The van der Waals surface area contributed by atoms with Crippen molar-refractivity contribution in [1.82, 2.24) is 4.90 Å². The molecule has 0 unspecified atom stereocenters. The van der Waals surface area contributed by atoms with Gasteiger partial charge in [-0.25, -0.2) is 0 Å². The minimum atomic E-state index is 0.514. The zero-order valence-corrected chi connectivity index (χ0v) is 11.8. The summed E-state index contributed by atoms with van der Waals surface area (Å²) in [6.45, 7) is 7.22. The summed E-state index contributed by atoms with van der Waals surface area (Å²) in [5, 5.41) is 0. The lowest BCUT2D eigenvalue weighted by Crippen LogP contribution is -2.46. The second-order valence-electron chi connectivity index (χ2n) is 6.42. The van der Waals surface area contributed by atoms with Gasteiger partial charge in [0.05, 0.1) is 0 Å². The summed E-state index contributed by atoms with van der Waals surface area (Å²) in [5.74, 6) is 0. The molecule has 0 atom stereocenters. The third kappa shape index (κ3) is 1.99. The van der Waals surface area contributed by atoms with Crippen molar-refractivity contribution >= 4 is 0 Å². The molecule has 1 spiro atoms. The average molecular weight is 243 g/mol. The van der Waals surface area contributed by atoms with Gasteiger partial charge in [0.25, 0.3) is 0 Å². The van der Waals surface area contributed by atoms with Gasteiger partial charge in [0, 0.05) is 6.04 Å². The van der Waals surface area contributed by atoms with Crippen LogP contribution in [0.3, 0.4) is 0 Å². The van der Waals surface area contributed by atoms with E-state index in [1.54, 1.807) is 11.1 Å². The molecule has 1 heterocycles. The number of likely N-dealkylation sites (tertiary alicyclic amines) is 1. The number of hydrogen-bond acceptors (Lipinski definition) is 1. The number of nitrogens with zero attached hydrogens (tertiary/aromatic N) is 1. The summed E-state index contributed by atoms with van der Waals surface area (Å²) in [6, 6.07) is 9.91. The quantitative estimate of drug-likeness (QED) is 0.726. The van der Waals surface area contributed by atoms with Crippen LogP contribution >= 0.6 is 0 Å². The normalized spacial score (nSPS) is 23.3. The third-order valence-electron chi connectivity index (χ3n) is 5.18. The maximum Gasteiger partial charge on any atom is 0.00386 e. The van der Waals surface area contributed by atoms with E-state index in [2.05, 4.69) is 43.0 Å². The summed E-state index contributed by atoms with van der Waals surface area (Å²) < 4.78 is 0. The van der Waals surface area contributed by atoms with Gasteiger partial charge in [-0.15, -0.1) is 0 Å². The van der Waals surface area contributed by atoms with Gasteiger partial charge in [-0.2, -0.15) is 0 Å². The van der Waals surface area contributed by atoms with Gasteiger partial charge in [-0.3, -0.25) is 0 Å². The highest BCUT2D eigenvalue weighted by molar-refractivity contribution is 5.37. The third-order valence-corrected chi connectivity index (χ3v) is 5.18. The number of benzene rings is 1. The molecule has 3 rings (SSSR count). The Kier molecular flexibility index (Phi) is 3.19. The van der Waals surface area contributed by atoms with E-state index in [1.807, 2.05) is 0 Å². The largest absolute Gasteiger partial charge is 0.301 e. The van der Waals surface area contributed by atoms with Gasteiger partial charge in [0.1, 0.15) is 0 Å². The van der Waals surface area contributed by atoms with E-state index in [4.69, 9.17) is 0 Å². The van der Waals surface area contributed by atoms with Crippen molar-refractivity contribution < 1.29 is 0 Å². The second kappa shape index (κ2) is 4.70. The second-order valence-corrected chi connectivity index (χ2v) is 6.42. The van der Waals surface area contributed by atoms with E-state index in [1.165, 1.54) is 45.2 Å². The van der Waals surface area contributed by atoms with Crippen LogP contribution in [-0.2, 0) is 11.8 Å². The molecule has 0 amide bonds. The Labute approximate surface area is 111 Å². The van der Waals surface area contributed by atoms with Crippen molar-refractivity contribution in [3.63, 3.8) is 0 Å². The molecule has 0 bridgehead atoms.